The van der Waals surface area contributed by atoms with Crippen molar-refractivity contribution in [3.8, 4) is 0 Å². The topological polar surface area (TPSA) is 71.0 Å². The molecular weight excluding hydrogens is 489 g/mol. The Balaban J connectivity index is 0.00000280. The molecule has 1 saturated heterocycles. The highest BCUT2D eigenvalue weighted by Gasteiger charge is 2.48. The van der Waals surface area contributed by atoms with Crippen molar-refractivity contribution in [2.75, 3.05) is 39.0 Å². The number of nitrogens with zero attached hydrogens (tertiary/aromatic N) is 2. The van der Waals surface area contributed by atoms with Crippen molar-refractivity contribution < 1.29 is 13.2 Å². The third-order valence-corrected chi connectivity index (χ3v) is 8.26. The van der Waals surface area contributed by atoms with Gasteiger partial charge >= 0.3 is 0 Å². The minimum Gasteiger partial charge on any atom is -0.375 e. The van der Waals surface area contributed by atoms with E-state index in [0.29, 0.717) is 32.8 Å². The van der Waals surface area contributed by atoms with E-state index < -0.39 is 14.6 Å². The number of rotatable bonds is 5. The molecule has 0 radical (unpaired) electrons. The van der Waals surface area contributed by atoms with Crippen LogP contribution in [0.25, 0.3) is 0 Å². The maximum atomic E-state index is 12.7. The number of nitrogens with one attached hydrogen (secondary N) is 1. The highest BCUT2D eigenvalue weighted by molar-refractivity contribution is 14.0. The lowest BCUT2D eigenvalue weighted by Crippen LogP contribution is -2.60. The highest BCUT2D eigenvalue weighted by atomic mass is 127. The first-order valence-electron chi connectivity index (χ1n) is 9.86. The Morgan fingerprint density at radius 3 is 2.61 bits per heavy atom. The first kappa shape index (κ1) is 23.4. The van der Waals surface area contributed by atoms with Crippen LogP contribution in [0.5, 0.6) is 0 Å². The first-order chi connectivity index (χ1) is 13.1. The van der Waals surface area contributed by atoms with Crippen molar-refractivity contribution in [1.82, 2.24) is 10.2 Å². The average Bonchev–Trinajstić information content (AvgIpc) is 2.69. The molecule has 3 rings (SSSR count). The summed E-state index contributed by atoms with van der Waals surface area (Å²) >= 11 is 0. The molecule has 1 aliphatic carbocycles. The van der Waals surface area contributed by atoms with Gasteiger partial charge in [-0.05, 0) is 18.4 Å². The van der Waals surface area contributed by atoms with Gasteiger partial charge in [-0.3, -0.25) is 4.99 Å². The van der Waals surface area contributed by atoms with Crippen LogP contribution in [0.4, 0.5) is 0 Å². The zero-order chi connectivity index (χ0) is 19.2. The SMILES string of the molecule is CN=C(NCCOCc1ccccc1)N1CCS(=O)(=O)C2(CCCCC2)C1.I. The third kappa shape index (κ3) is 5.60. The summed E-state index contributed by atoms with van der Waals surface area (Å²) < 4.78 is 30.6. The van der Waals surface area contributed by atoms with Gasteiger partial charge in [0.2, 0.25) is 0 Å². The summed E-state index contributed by atoms with van der Waals surface area (Å²) in [7, 11) is -1.28. The minimum absolute atomic E-state index is 0. The average molecular weight is 521 g/mol. The molecule has 0 aromatic heterocycles. The van der Waals surface area contributed by atoms with E-state index in [9.17, 15) is 8.42 Å². The molecule has 1 aliphatic heterocycles. The zero-order valence-corrected chi connectivity index (χ0v) is 19.7. The Hall–Kier alpha value is -0.870. The van der Waals surface area contributed by atoms with Crippen molar-refractivity contribution in [3.05, 3.63) is 35.9 Å². The van der Waals surface area contributed by atoms with Crippen LogP contribution in [0.2, 0.25) is 0 Å². The van der Waals surface area contributed by atoms with E-state index in [1.807, 2.05) is 30.3 Å². The number of hydrogen-bond donors (Lipinski definition) is 1. The molecule has 1 N–H and O–H groups in total. The summed E-state index contributed by atoms with van der Waals surface area (Å²) in [6.07, 6.45) is 4.72. The summed E-state index contributed by atoms with van der Waals surface area (Å²) in [5.74, 6) is 0.997. The van der Waals surface area contributed by atoms with Gasteiger partial charge in [0.15, 0.2) is 15.8 Å². The number of hydrogen-bond acceptors (Lipinski definition) is 4. The van der Waals surface area contributed by atoms with Crippen molar-refractivity contribution >= 4 is 39.8 Å². The van der Waals surface area contributed by atoms with Gasteiger partial charge in [-0.2, -0.15) is 0 Å². The van der Waals surface area contributed by atoms with Gasteiger partial charge in [-0.25, -0.2) is 8.42 Å². The Morgan fingerprint density at radius 2 is 1.93 bits per heavy atom. The molecular formula is C20H32IN3O3S. The van der Waals surface area contributed by atoms with E-state index in [2.05, 4.69) is 15.2 Å². The van der Waals surface area contributed by atoms with E-state index in [0.717, 1.165) is 43.6 Å². The second-order valence-corrected chi connectivity index (χ2v) is 10.0. The van der Waals surface area contributed by atoms with Crippen LogP contribution in [0, 0.1) is 0 Å². The molecule has 158 valence electrons. The molecule has 2 fully saturated rings. The molecule has 0 amide bonds. The lowest BCUT2D eigenvalue weighted by atomic mass is 9.87. The van der Waals surface area contributed by atoms with E-state index in [1.165, 1.54) is 0 Å². The van der Waals surface area contributed by atoms with Crippen LogP contribution in [0.15, 0.2) is 35.3 Å². The van der Waals surface area contributed by atoms with Crippen LogP contribution >= 0.6 is 24.0 Å². The van der Waals surface area contributed by atoms with Gasteiger partial charge in [-0.1, -0.05) is 49.6 Å². The first-order valence-corrected chi connectivity index (χ1v) is 11.5. The number of halogens is 1. The molecule has 6 nitrogen and oxygen atoms in total. The molecule has 1 heterocycles. The van der Waals surface area contributed by atoms with E-state index >= 15 is 0 Å². The van der Waals surface area contributed by atoms with Crippen LogP contribution < -0.4 is 5.32 Å². The van der Waals surface area contributed by atoms with Crippen molar-refractivity contribution in [1.29, 1.82) is 0 Å². The number of aliphatic imine (C=N–C) groups is 1. The Morgan fingerprint density at radius 1 is 1.21 bits per heavy atom. The normalized spacial score (nSPS) is 21.2. The molecule has 0 unspecified atom stereocenters. The van der Waals surface area contributed by atoms with Gasteiger partial charge in [0.05, 0.1) is 23.7 Å². The molecule has 0 bridgehead atoms. The van der Waals surface area contributed by atoms with Crippen molar-refractivity contribution in [2.45, 2.75) is 43.5 Å². The molecule has 1 saturated carbocycles. The molecule has 1 aromatic rings. The largest absolute Gasteiger partial charge is 0.375 e. The molecule has 28 heavy (non-hydrogen) atoms. The molecule has 2 aliphatic rings. The standard InChI is InChI=1S/C20H31N3O3S.HI/c1-21-19(22-12-14-26-16-18-8-4-2-5-9-18)23-13-15-27(24,25)20(17-23)10-6-3-7-11-20;/h2,4-5,8-9H,3,6-7,10-17H2,1H3,(H,21,22);1H. The summed E-state index contributed by atoms with van der Waals surface area (Å²) in [5, 5.41) is 3.33. The predicted octanol–water partition coefficient (Wildman–Crippen LogP) is 2.83. The maximum absolute atomic E-state index is 12.7. The van der Waals surface area contributed by atoms with Gasteiger partial charge in [0, 0.05) is 26.7 Å². The van der Waals surface area contributed by atoms with Gasteiger partial charge in [0.1, 0.15) is 0 Å². The number of sulfone groups is 1. The second-order valence-electron chi connectivity index (χ2n) is 7.50. The lowest BCUT2D eigenvalue weighted by molar-refractivity contribution is 0.125. The Bertz CT molecular complexity index is 734. The van der Waals surface area contributed by atoms with Crippen LogP contribution in [0.1, 0.15) is 37.7 Å². The fourth-order valence-electron chi connectivity index (χ4n) is 4.15. The van der Waals surface area contributed by atoms with Gasteiger partial charge in [0.25, 0.3) is 0 Å². The fourth-order valence-corrected chi connectivity index (χ4v) is 6.31. The van der Waals surface area contributed by atoms with Gasteiger partial charge < -0.3 is 15.0 Å². The summed E-state index contributed by atoms with van der Waals surface area (Å²) in [6.45, 7) is 2.88. The lowest BCUT2D eigenvalue weighted by Gasteiger charge is -2.45. The monoisotopic (exact) mass is 521 g/mol. The summed E-state index contributed by atoms with van der Waals surface area (Å²) in [5.41, 5.74) is 1.15. The smallest absolute Gasteiger partial charge is 0.193 e. The number of ether oxygens (including phenoxy) is 1. The van der Waals surface area contributed by atoms with Crippen LogP contribution in [-0.2, 0) is 21.2 Å². The van der Waals surface area contributed by atoms with Gasteiger partial charge in [-0.15, -0.1) is 24.0 Å². The molecule has 1 spiro atoms. The zero-order valence-electron chi connectivity index (χ0n) is 16.6. The van der Waals surface area contributed by atoms with Crippen LogP contribution in [-0.4, -0.2) is 63.1 Å². The summed E-state index contributed by atoms with van der Waals surface area (Å²) in [6, 6.07) is 10.1. The minimum atomic E-state index is -3.03. The third-order valence-electron chi connectivity index (χ3n) is 5.69. The maximum Gasteiger partial charge on any atom is 0.193 e. The molecule has 0 atom stereocenters. The van der Waals surface area contributed by atoms with Crippen LogP contribution in [0.3, 0.4) is 0 Å². The number of guanidine groups is 1. The van der Waals surface area contributed by atoms with E-state index in [4.69, 9.17) is 4.74 Å². The molecule has 8 heteroatoms. The highest BCUT2D eigenvalue weighted by Crippen LogP contribution is 2.38. The van der Waals surface area contributed by atoms with Crippen molar-refractivity contribution in [2.24, 2.45) is 4.99 Å². The van der Waals surface area contributed by atoms with Crippen molar-refractivity contribution in [3.63, 3.8) is 0 Å². The summed E-state index contributed by atoms with van der Waals surface area (Å²) in [4.78, 5) is 6.49. The molecule has 1 aromatic carbocycles. The predicted molar refractivity (Wildman–Crippen MR) is 124 cm³/mol. The Labute approximate surface area is 186 Å². The van der Waals surface area contributed by atoms with E-state index in [-0.39, 0.29) is 29.7 Å². The number of benzene rings is 1. The van der Waals surface area contributed by atoms with E-state index in [1.54, 1.807) is 7.05 Å². The second kappa shape index (κ2) is 10.8. The Kier molecular flexibility index (Phi) is 9.01. The fraction of sp³-hybridized carbons (Fsp3) is 0.650. The quantitative estimate of drug-likeness (QED) is 0.279.